The van der Waals surface area contributed by atoms with Crippen molar-refractivity contribution in [1.29, 1.82) is 0 Å². The summed E-state index contributed by atoms with van der Waals surface area (Å²) in [5.41, 5.74) is 0.826. The van der Waals surface area contributed by atoms with Crippen molar-refractivity contribution in [3.05, 3.63) is 47.1 Å². The van der Waals surface area contributed by atoms with Gasteiger partial charge in [-0.15, -0.1) is 0 Å². The molecule has 11 heteroatoms. The summed E-state index contributed by atoms with van der Waals surface area (Å²) in [6.07, 6.45) is 3.79. The third kappa shape index (κ3) is 6.49. The molecule has 29 heavy (non-hydrogen) atoms. The van der Waals surface area contributed by atoms with Gasteiger partial charge in [0.25, 0.3) is 0 Å². The van der Waals surface area contributed by atoms with Crippen molar-refractivity contribution in [2.75, 3.05) is 38.6 Å². The molecule has 0 aromatic carbocycles. The lowest BCUT2D eigenvalue weighted by molar-refractivity contribution is -0.131. The molecule has 2 aromatic rings. The third-order valence-corrected chi connectivity index (χ3v) is 6.58. The normalized spacial score (nSPS) is 15.3. The smallest absolute Gasteiger partial charge is 0.223 e. The van der Waals surface area contributed by atoms with E-state index in [9.17, 15) is 13.2 Å². The number of carbonyl (C=O) groups is 1. The molecule has 158 valence electrons. The second-order valence-electron chi connectivity index (χ2n) is 6.62. The lowest BCUT2D eigenvalue weighted by atomic mass is 10.2. The summed E-state index contributed by atoms with van der Waals surface area (Å²) < 4.78 is 36.9. The van der Waals surface area contributed by atoms with Crippen LogP contribution in [0.2, 0.25) is 5.15 Å². The zero-order valence-corrected chi connectivity index (χ0v) is 17.4. The zero-order valence-electron chi connectivity index (χ0n) is 15.9. The van der Waals surface area contributed by atoms with Crippen LogP contribution in [0, 0.1) is 0 Å². The van der Waals surface area contributed by atoms with E-state index < -0.39 is 10.0 Å². The molecule has 2 aromatic heterocycles. The summed E-state index contributed by atoms with van der Waals surface area (Å²) in [6.45, 7) is 1.82. The van der Waals surface area contributed by atoms with Gasteiger partial charge in [0.05, 0.1) is 19.0 Å². The van der Waals surface area contributed by atoms with Crippen molar-refractivity contribution >= 4 is 27.5 Å². The Balaban J connectivity index is 1.64. The molecule has 0 saturated carbocycles. The van der Waals surface area contributed by atoms with Crippen molar-refractivity contribution in [2.24, 2.45) is 0 Å². The Labute approximate surface area is 174 Å². The van der Waals surface area contributed by atoms with E-state index >= 15 is 0 Å². The number of sulfonamides is 1. The van der Waals surface area contributed by atoms with Crippen LogP contribution in [0.25, 0.3) is 0 Å². The van der Waals surface area contributed by atoms with Gasteiger partial charge in [-0.3, -0.25) is 9.78 Å². The van der Waals surface area contributed by atoms with E-state index in [0.29, 0.717) is 38.5 Å². The van der Waals surface area contributed by atoms with E-state index in [-0.39, 0.29) is 36.3 Å². The van der Waals surface area contributed by atoms with Crippen molar-refractivity contribution in [3.63, 3.8) is 0 Å². The van der Waals surface area contributed by atoms with Crippen LogP contribution in [0.15, 0.2) is 35.1 Å². The third-order valence-electron chi connectivity index (χ3n) is 4.55. The largest absolute Gasteiger partial charge is 0.379 e. The monoisotopic (exact) mass is 442 g/mol. The molecular weight excluding hydrogens is 420 g/mol. The molecule has 9 nitrogen and oxygen atoms in total. The number of rotatable bonds is 9. The van der Waals surface area contributed by atoms with Crippen LogP contribution in [-0.2, 0) is 32.5 Å². The van der Waals surface area contributed by atoms with Crippen molar-refractivity contribution in [2.45, 2.75) is 19.4 Å². The Morgan fingerprint density at radius 1 is 1.31 bits per heavy atom. The number of pyridine rings is 1. The Kier molecular flexibility index (Phi) is 7.59. The van der Waals surface area contributed by atoms with Gasteiger partial charge in [0, 0.05) is 57.5 Å². The molecule has 1 fully saturated rings. The predicted octanol–water partition coefficient (Wildman–Crippen LogP) is 1.35. The number of carbonyl (C=O) groups excluding carboxylic acids is 1. The maximum Gasteiger partial charge on any atom is 0.223 e. The van der Waals surface area contributed by atoms with E-state index in [1.165, 1.54) is 9.21 Å². The van der Waals surface area contributed by atoms with Gasteiger partial charge in [-0.2, -0.15) is 4.31 Å². The molecule has 0 atom stereocenters. The first-order valence-corrected chi connectivity index (χ1v) is 11.3. The lowest BCUT2D eigenvalue weighted by Crippen LogP contribution is -2.44. The fourth-order valence-corrected chi connectivity index (χ4v) is 4.55. The van der Waals surface area contributed by atoms with Gasteiger partial charge in [-0.05, 0) is 11.6 Å². The molecule has 0 aliphatic carbocycles. The van der Waals surface area contributed by atoms with Gasteiger partial charge in [0.1, 0.15) is 5.76 Å². The Morgan fingerprint density at radius 3 is 2.76 bits per heavy atom. The number of nitrogens with zero attached hydrogens (tertiary/aromatic N) is 4. The summed E-state index contributed by atoms with van der Waals surface area (Å²) >= 11 is 5.73. The standard InChI is InChI=1S/C18H23ClN4O5S/c19-17-12-16(28-21-17)3-4-18(24)22(14-15-2-1-5-20-13-15)8-11-29(25,26)23-6-9-27-10-7-23/h1-2,5,12-13H,3-4,6-11,14H2. The maximum atomic E-state index is 12.8. The highest BCUT2D eigenvalue weighted by molar-refractivity contribution is 7.89. The molecule has 0 radical (unpaired) electrons. The second kappa shape index (κ2) is 10.1. The Morgan fingerprint density at radius 2 is 2.10 bits per heavy atom. The van der Waals surface area contributed by atoms with Crippen LogP contribution in [0.3, 0.4) is 0 Å². The zero-order chi connectivity index (χ0) is 20.7. The van der Waals surface area contributed by atoms with E-state index in [1.54, 1.807) is 24.5 Å². The number of hydrogen-bond donors (Lipinski definition) is 0. The van der Waals surface area contributed by atoms with Gasteiger partial charge in [-0.25, -0.2) is 8.42 Å². The van der Waals surface area contributed by atoms with Gasteiger partial charge < -0.3 is 14.2 Å². The average Bonchev–Trinajstić information content (AvgIpc) is 3.16. The molecule has 0 spiro atoms. The van der Waals surface area contributed by atoms with E-state index in [1.807, 2.05) is 6.07 Å². The molecule has 0 bridgehead atoms. The van der Waals surface area contributed by atoms with Crippen LogP contribution < -0.4 is 0 Å². The highest BCUT2D eigenvalue weighted by atomic mass is 35.5. The van der Waals surface area contributed by atoms with Gasteiger partial charge >= 0.3 is 0 Å². The molecule has 1 amide bonds. The number of amides is 1. The van der Waals surface area contributed by atoms with Crippen LogP contribution in [0.5, 0.6) is 0 Å². The molecule has 0 unspecified atom stereocenters. The van der Waals surface area contributed by atoms with E-state index in [4.69, 9.17) is 20.9 Å². The number of aromatic nitrogens is 2. The summed E-state index contributed by atoms with van der Waals surface area (Å²) in [4.78, 5) is 18.4. The number of hydrogen-bond acceptors (Lipinski definition) is 7. The SMILES string of the molecule is O=C(CCc1cc(Cl)no1)N(CCS(=O)(=O)N1CCOCC1)Cc1cccnc1. The summed E-state index contributed by atoms with van der Waals surface area (Å²) in [5.74, 6) is 0.178. The minimum absolute atomic E-state index is 0.0879. The second-order valence-corrected chi connectivity index (χ2v) is 9.10. The van der Waals surface area contributed by atoms with Crippen LogP contribution >= 0.6 is 11.6 Å². The lowest BCUT2D eigenvalue weighted by Gasteiger charge is -2.28. The van der Waals surface area contributed by atoms with Crippen LogP contribution in [0.4, 0.5) is 0 Å². The molecule has 3 heterocycles. The summed E-state index contributed by atoms with van der Waals surface area (Å²) in [5, 5.41) is 3.82. The highest BCUT2D eigenvalue weighted by Gasteiger charge is 2.26. The first-order chi connectivity index (χ1) is 13.9. The Bertz CT molecular complexity index is 900. The number of halogens is 1. The van der Waals surface area contributed by atoms with Gasteiger partial charge in [-0.1, -0.05) is 22.8 Å². The van der Waals surface area contributed by atoms with E-state index in [0.717, 1.165) is 5.56 Å². The molecule has 1 aliphatic rings. The molecule has 0 N–H and O–H groups in total. The predicted molar refractivity (Wildman–Crippen MR) is 106 cm³/mol. The Hall–Kier alpha value is -2.01. The minimum atomic E-state index is -3.47. The molecule has 1 aliphatic heterocycles. The highest BCUT2D eigenvalue weighted by Crippen LogP contribution is 2.13. The minimum Gasteiger partial charge on any atom is -0.379 e. The molecule has 1 saturated heterocycles. The molecular formula is C18H23ClN4O5S. The topological polar surface area (TPSA) is 106 Å². The van der Waals surface area contributed by atoms with Crippen molar-refractivity contribution < 1.29 is 22.5 Å². The van der Waals surface area contributed by atoms with Gasteiger partial charge in [0.15, 0.2) is 5.15 Å². The van der Waals surface area contributed by atoms with Gasteiger partial charge in [0.2, 0.25) is 15.9 Å². The van der Waals surface area contributed by atoms with Crippen molar-refractivity contribution in [1.82, 2.24) is 19.3 Å². The van der Waals surface area contributed by atoms with Crippen LogP contribution in [0.1, 0.15) is 17.7 Å². The quantitative estimate of drug-likeness (QED) is 0.577. The van der Waals surface area contributed by atoms with Crippen LogP contribution in [-0.4, -0.2) is 72.3 Å². The summed E-state index contributed by atoms with van der Waals surface area (Å²) in [7, 11) is -3.47. The van der Waals surface area contributed by atoms with E-state index in [2.05, 4.69) is 10.1 Å². The number of aryl methyl sites for hydroxylation is 1. The number of ether oxygens (including phenoxy) is 1. The first kappa shape index (κ1) is 21.7. The fourth-order valence-electron chi connectivity index (χ4n) is 2.98. The molecule has 3 rings (SSSR count). The fraction of sp³-hybridized carbons (Fsp3) is 0.500. The first-order valence-electron chi connectivity index (χ1n) is 9.27. The number of morpholine rings is 1. The van der Waals surface area contributed by atoms with Crippen molar-refractivity contribution in [3.8, 4) is 0 Å². The average molecular weight is 443 g/mol. The maximum absolute atomic E-state index is 12.8. The summed E-state index contributed by atoms with van der Waals surface area (Å²) in [6, 6.07) is 5.18.